The smallest absolute Gasteiger partial charge is 0.325 e. The van der Waals surface area contributed by atoms with Gasteiger partial charge in [-0.1, -0.05) is 36.4 Å². The van der Waals surface area contributed by atoms with Crippen molar-refractivity contribution in [2.45, 2.75) is 18.8 Å². The first kappa shape index (κ1) is 23.3. The number of anilines is 1. The Morgan fingerprint density at radius 2 is 1.44 bits per heavy atom. The fourth-order valence-electron chi connectivity index (χ4n) is 3.67. The Balaban J connectivity index is 1.70. The number of carbonyl (C=O) groups excluding carboxylic acids is 1. The number of pyridine rings is 1. The van der Waals surface area contributed by atoms with E-state index in [-0.39, 0.29) is 6.07 Å². The fourth-order valence-corrected chi connectivity index (χ4v) is 3.67. The summed E-state index contributed by atoms with van der Waals surface area (Å²) in [5.74, 6) is -0.757. The predicted octanol–water partition coefficient (Wildman–Crippen LogP) is 7.12. The van der Waals surface area contributed by atoms with Crippen LogP contribution in [0.4, 0.5) is 32.0 Å². The Morgan fingerprint density at radius 3 is 2.06 bits per heavy atom. The highest BCUT2D eigenvalue weighted by Crippen LogP contribution is 2.37. The number of benzene rings is 3. The van der Waals surface area contributed by atoms with Gasteiger partial charge in [0.15, 0.2) is 0 Å². The second-order valence-corrected chi connectivity index (χ2v) is 7.56. The Bertz CT molecular complexity index is 1320. The van der Waals surface area contributed by atoms with Gasteiger partial charge in [0.05, 0.1) is 23.1 Å². The summed E-state index contributed by atoms with van der Waals surface area (Å²) in [6.07, 6.45) is -9.04. The van der Waals surface area contributed by atoms with Crippen molar-refractivity contribution in [3.63, 3.8) is 0 Å². The maximum atomic E-state index is 13.1. The van der Waals surface area contributed by atoms with Gasteiger partial charge in [-0.05, 0) is 47.5 Å². The topological polar surface area (TPSA) is 42.0 Å². The first-order valence-electron chi connectivity index (χ1n) is 10.0. The number of nitrogens with one attached hydrogen (secondary N) is 1. The summed E-state index contributed by atoms with van der Waals surface area (Å²) < 4.78 is 78.8. The Labute approximate surface area is 190 Å². The lowest BCUT2D eigenvalue weighted by atomic mass is 9.98. The number of nitrogens with zero attached hydrogens (tertiary/aromatic N) is 1. The van der Waals surface area contributed by atoms with Gasteiger partial charge in [0.1, 0.15) is 0 Å². The number of carbonyl (C=O) groups is 1. The molecule has 0 fully saturated rings. The molecule has 0 saturated carbocycles. The average Bonchev–Trinajstić information content (AvgIpc) is 2.78. The SMILES string of the molecule is O=C(Cc1cc(C(F)(F)F)cc(C(F)(F)F)c1)Nc1ccc2ncccc2c1-c1ccccc1. The third-order valence-corrected chi connectivity index (χ3v) is 5.13. The molecular formula is C25H16F6N2O. The number of hydrogen-bond donors (Lipinski definition) is 1. The van der Waals surface area contributed by atoms with E-state index in [1.54, 1.807) is 36.5 Å². The highest BCUT2D eigenvalue weighted by atomic mass is 19.4. The zero-order chi connectivity index (χ0) is 24.5. The van der Waals surface area contributed by atoms with Gasteiger partial charge in [-0.15, -0.1) is 0 Å². The zero-order valence-corrected chi connectivity index (χ0v) is 17.3. The molecule has 0 aliphatic carbocycles. The molecule has 0 atom stereocenters. The predicted molar refractivity (Wildman–Crippen MR) is 116 cm³/mol. The van der Waals surface area contributed by atoms with Gasteiger partial charge in [-0.25, -0.2) is 0 Å². The second kappa shape index (κ2) is 8.81. The van der Waals surface area contributed by atoms with Gasteiger partial charge in [-0.2, -0.15) is 26.3 Å². The molecule has 0 aliphatic heterocycles. The van der Waals surface area contributed by atoms with E-state index in [0.29, 0.717) is 28.9 Å². The van der Waals surface area contributed by atoms with Gasteiger partial charge in [0, 0.05) is 22.8 Å². The maximum absolute atomic E-state index is 13.1. The van der Waals surface area contributed by atoms with Gasteiger partial charge >= 0.3 is 12.4 Å². The third-order valence-electron chi connectivity index (χ3n) is 5.13. The number of halogens is 6. The summed E-state index contributed by atoms with van der Waals surface area (Å²) in [7, 11) is 0. The number of alkyl halides is 6. The van der Waals surface area contributed by atoms with E-state index in [2.05, 4.69) is 10.3 Å². The Morgan fingerprint density at radius 1 is 0.794 bits per heavy atom. The van der Waals surface area contributed by atoms with Crippen LogP contribution >= 0.6 is 0 Å². The summed E-state index contributed by atoms with van der Waals surface area (Å²) in [4.78, 5) is 17.0. The highest BCUT2D eigenvalue weighted by molar-refractivity contribution is 6.05. The number of aromatic nitrogens is 1. The Hall–Kier alpha value is -3.88. The summed E-state index contributed by atoms with van der Waals surface area (Å²) in [5.41, 5.74) is -0.914. The molecular weight excluding hydrogens is 458 g/mol. The summed E-state index contributed by atoms with van der Waals surface area (Å²) in [5, 5.41) is 3.36. The molecule has 4 rings (SSSR count). The molecule has 0 unspecified atom stereocenters. The lowest BCUT2D eigenvalue weighted by Gasteiger charge is -2.16. The van der Waals surface area contributed by atoms with Crippen molar-refractivity contribution in [3.8, 4) is 11.1 Å². The van der Waals surface area contributed by atoms with Gasteiger partial charge in [0.2, 0.25) is 5.91 Å². The summed E-state index contributed by atoms with van der Waals surface area (Å²) >= 11 is 0. The lowest BCUT2D eigenvalue weighted by molar-refractivity contribution is -0.143. The van der Waals surface area contributed by atoms with E-state index < -0.39 is 41.4 Å². The zero-order valence-electron chi connectivity index (χ0n) is 17.3. The monoisotopic (exact) mass is 474 g/mol. The van der Waals surface area contributed by atoms with Crippen LogP contribution in [0.15, 0.2) is 79.0 Å². The van der Waals surface area contributed by atoms with Gasteiger partial charge in [-0.3, -0.25) is 9.78 Å². The van der Waals surface area contributed by atoms with Crippen LogP contribution in [-0.4, -0.2) is 10.9 Å². The van der Waals surface area contributed by atoms with Crippen molar-refractivity contribution < 1.29 is 31.1 Å². The van der Waals surface area contributed by atoms with Crippen LogP contribution in [0, 0.1) is 0 Å². The Kier molecular flexibility index (Phi) is 6.03. The van der Waals surface area contributed by atoms with Crippen LogP contribution in [0.25, 0.3) is 22.0 Å². The molecule has 1 aromatic heterocycles. The molecule has 0 saturated heterocycles. The van der Waals surface area contributed by atoms with Crippen molar-refractivity contribution in [2.75, 3.05) is 5.32 Å². The third kappa shape index (κ3) is 5.03. The first-order chi connectivity index (χ1) is 16.0. The molecule has 174 valence electrons. The van der Waals surface area contributed by atoms with Crippen LogP contribution in [0.3, 0.4) is 0 Å². The quantitative estimate of drug-likeness (QED) is 0.320. The van der Waals surface area contributed by atoms with Crippen LogP contribution < -0.4 is 5.32 Å². The van der Waals surface area contributed by atoms with E-state index in [1.165, 1.54) is 0 Å². The van der Waals surface area contributed by atoms with E-state index in [4.69, 9.17) is 0 Å². The van der Waals surface area contributed by atoms with E-state index >= 15 is 0 Å². The fraction of sp³-hybridized carbons (Fsp3) is 0.120. The molecule has 3 aromatic carbocycles. The molecule has 0 aliphatic rings. The van der Waals surface area contributed by atoms with Gasteiger partial charge < -0.3 is 5.32 Å². The number of hydrogen-bond acceptors (Lipinski definition) is 2. The molecule has 1 N–H and O–H groups in total. The van der Waals surface area contributed by atoms with E-state index in [0.717, 1.165) is 10.9 Å². The minimum atomic E-state index is -4.99. The summed E-state index contributed by atoms with van der Waals surface area (Å²) in [6.45, 7) is 0. The van der Waals surface area contributed by atoms with E-state index in [1.807, 2.05) is 24.3 Å². The molecule has 0 radical (unpaired) electrons. The number of fused-ring (bicyclic) bond motifs is 1. The average molecular weight is 474 g/mol. The van der Waals surface area contributed by atoms with Crippen molar-refractivity contribution in [1.29, 1.82) is 0 Å². The van der Waals surface area contributed by atoms with Crippen molar-refractivity contribution in [1.82, 2.24) is 4.98 Å². The molecule has 4 aromatic rings. The maximum Gasteiger partial charge on any atom is 0.416 e. The summed E-state index contributed by atoms with van der Waals surface area (Å²) in [6, 6.07) is 17.0. The lowest BCUT2D eigenvalue weighted by Crippen LogP contribution is -2.17. The first-order valence-corrected chi connectivity index (χ1v) is 10.0. The standard InChI is InChI=1S/C25H16F6N2O/c26-24(27,28)17-11-15(12-18(14-17)25(29,30)31)13-22(34)33-21-9-8-20-19(7-4-10-32-20)23(21)16-5-2-1-3-6-16/h1-12,14H,13H2,(H,33,34). The number of amides is 1. The van der Waals surface area contributed by atoms with Crippen molar-refractivity contribution in [3.05, 3.63) is 95.7 Å². The normalized spacial score (nSPS) is 12.1. The van der Waals surface area contributed by atoms with Crippen molar-refractivity contribution in [2.24, 2.45) is 0 Å². The molecule has 1 heterocycles. The highest BCUT2D eigenvalue weighted by Gasteiger charge is 2.37. The molecule has 0 spiro atoms. The minimum absolute atomic E-state index is 0.0330. The number of rotatable bonds is 4. The molecule has 34 heavy (non-hydrogen) atoms. The van der Waals surface area contributed by atoms with Crippen LogP contribution in [0.2, 0.25) is 0 Å². The minimum Gasteiger partial charge on any atom is -0.325 e. The molecule has 3 nitrogen and oxygen atoms in total. The largest absolute Gasteiger partial charge is 0.416 e. The molecule has 1 amide bonds. The molecule has 9 heteroatoms. The van der Waals surface area contributed by atoms with Crippen molar-refractivity contribution >= 4 is 22.5 Å². The second-order valence-electron chi connectivity index (χ2n) is 7.56. The van der Waals surface area contributed by atoms with Crippen LogP contribution in [0.1, 0.15) is 16.7 Å². The van der Waals surface area contributed by atoms with Gasteiger partial charge in [0.25, 0.3) is 0 Å². The molecule has 0 bridgehead atoms. The van der Waals surface area contributed by atoms with Crippen LogP contribution in [-0.2, 0) is 23.6 Å². The van der Waals surface area contributed by atoms with E-state index in [9.17, 15) is 31.1 Å². The van der Waals surface area contributed by atoms with Crippen LogP contribution in [0.5, 0.6) is 0 Å².